The van der Waals surface area contributed by atoms with Gasteiger partial charge >= 0.3 is 0 Å². The lowest BCUT2D eigenvalue weighted by atomic mass is 10.2. The van der Waals surface area contributed by atoms with Crippen LogP contribution in [0.5, 0.6) is 5.75 Å². The van der Waals surface area contributed by atoms with Crippen molar-refractivity contribution < 1.29 is 9.53 Å². The van der Waals surface area contributed by atoms with Crippen molar-refractivity contribution in [2.75, 3.05) is 20.7 Å². The van der Waals surface area contributed by atoms with Crippen LogP contribution >= 0.6 is 11.3 Å². The molecule has 0 saturated heterocycles. The van der Waals surface area contributed by atoms with Crippen LogP contribution in [0, 0.1) is 0 Å². The molecule has 1 amide bonds. The number of rotatable bonds is 8. The third kappa shape index (κ3) is 4.79. The molecule has 0 aliphatic rings. The maximum absolute atomic E-state index is 12.1. The number of thiazole rings is 1. The SMILES string of the molecule is CCCCN(C)C(=O)CCc1csc(-c2ccccc2OC)n1. The number of carbonyl (C=O) groups is 1. The van der Waals surface area contributed by atoms with Crippen molar-refractivity contribution in [3.8, 4) is 16.3 Å². The van der Waals surface area contributed by atoms with Crippen molar-refractivity contribution in [2.45, 2.75) is 32.6 Å². The minimum absolute atomic E-state index is 0.185. The summed E-state index contributed by atoms with van der Waals surface area (Å²) in [7, 11) is 3.54. The Bertz CT molecular complexity index is 639. The Morgan fingerprint density at radius 3 is 2.87 bits per heavy atom. The minimum atomic E-state index is 0.185. The molecule has 0 N–H and O–H groups in total. The van der Waals surface area contributed by atoms with Crippen molar-refractivity contribution in [1.29, 1.82) is 0 Å². The second-order valence-corrected chi connectivity index (χ2v) is 6.37. The molecule has 124 valence electrons. The van der Waals surface area contributed by atoms with Crippen LogP contribution in [-0.4, -0.2) is 36.5 Å². The zero-order valence-corrected chi connectivity index (χ0v) is 14.9. The highest BCUT2D eigenvalue weighted by Crippen LogP contribution is 2.32. The van der Waals surface area contributed by atoms with Gasteiger partial charge < -0.3 is 9.64 Å². The van der Waals surface area contributed by atoms with Gasteiger partial charge in [0.25, 0.3) is 0 Å². The Morgan fingerprint density at radius 1 is 1.35 bits per heavy atom. The van der Waals surface area contributed by atoms with Crippen LogP contribution in [0.4, 0.5) is 0 Å². The van der Waals surface area contributed by atoms with E-state index in [1.807, 2.05) is 41.6 Å². The summed E-state index contributed by atoms with van der Waals surface area (Å²) in [6, 6.07) is 7.86. The number of hydrogen-bond donors (Lipinski definition) is 0. The molecule has 2 aromatic rings. The summed E-state index contributed by atoms with van der Waals surface area (Å²) >= 11 is 1.59. The zero-order chi connectivity index (χ0) is 16.7. The van der Waals surface area contributed by atoms with E-state index < -0.39 is 0 Å². The van der Waals surface area contributed by atoms with Crippen molar-refractivity contribution in [3.05, 3.63) is 35.3 Å². The van der Waals surface area contributed by atoms with Crippen LogP contribution in [0.15, 0.2) is 29.6 Å². The monoisotopic (exact) mass is 332 g/mol. The molecule has 0 unspecified atom stereocenters. The van der Waals surface area contributed by atoms with E-state index in [1.165, 1.54) is 0 Å². The normalized spacial score (nSPS) is 10.6. The topological polar surface area (TPSA) is 42.4 Å². The van der Waals surface area contributed by atoms with E-state index in [0.717, 1.165) is 41.4 Å². The average Bonchev–Trinajstić information content (AvgIpc) is 3.06. The highest BCUT2D eigenvalue weighted by Gasteiger charge is 2.12. The number of methoxy groups -OCH3 is 1. The van der Waals surface area contributed by atoms with Gasteiger partial charge in [-0.3, -0.25) is 4.79 Å². The van der Waals surface area contributed by atoms with E-state index in [4.69, 9.17) is 4.74 Å². The molecule has 5 heteroatoms. The number of hydrogen-bond acceptors (Lipinski definition) is 4. The first-order valence-corrected chi connectivity index (χ1v) is 8.85. The van der Waals surface area contributed by atoms with E-state index in [1.54, 1.807) is 18.4 Å². The van der Waals surface area contributed by atoms with Crippen molar-refractivity contribution in [3.63, 3.8) is 0 Å². The van der Waals surface area contributed by atoms with Gasteiger partial charge in [0, 0.05) is 25.4 Å². The van der Waals surface area contributed by atoms with Gasteiger partial charge in [-0.1, -0.05) is 25.5 Å². The predicted octanol–water partition coefficient (Wildman–Crippen LogP) is 4.01. The largest absolute Gasteiger partial charge is 0.496 e. The molecule has 1 heterocycles. The quantitative estimate of drug-likeness (QED) is 0.733. The summed E-state index contributed by atoms with van der Waals surface area (Å²) in [5, 5.41) is 2.96. The molecule has 0 bridgehead atoms. The molecule has 1 aromatic heterocycles. The fraction of sp³-hybridized carbons (Fsp3) is 0.444. The summed E-state index contributed by atoms with van der Waals surface area (Å²) in [4.78, 5) is 18.5. The van der Waals surface area contributed by atoms with Crippen LogP contribution in [0.1, 0.15) is 31.9 Å². The fourth-order valence-corrected chi connectivity index (χ4v) is 3.20. The Labute approximate surface area is 142 Å². The van der Waals surface area contributed by atoms with Gasteiger partial charge in [-0.05, 0) is 25.0 Å². The van der Waals surface area contributed by atoms with Gasteiger partial charge in [0.05, 0.1) is 18.4 Å². The summed E-state index contributed by atoms with van der Waals surface area (Å²) < 4.78 is 5.38. The second kappa shape index (κ2) is 8.67. The summed E-state index contributed by atoms with van der Waals surface area (Å²) in [6.07, 6.45) is 3.35. The maximum Gasteiger partial charge on any atom is 0.222 e. The van der Waals surface area contributed by atoms with E-state index in [0.29, 0.717) is 12.8 Å². The second-order valence-electron chi connectivity index (χ2n) is 5.51. The van der Waals surface area contributed by atoms with E-state index in [2.05, 4.69) is 11.9 Å². The highest BCUT2D eigenvalue weighted by molar-refractivity contribution is 7.13. The Morgan fingerprint density at radius 2 is 2.13 bits per heavy atom. The van der Waals surface area contributed by atoms with Gasteiger partial charge in [-0.15, -0.1) is 11.3 Å². The molecular weight excluding hydrogens is 308 g/mol. The standard InChI is InChI=1S/C18H24N2O2S/c1-4-5-12-20(2)17(21)11-10-14-13-23-18(19-14)15-8-6-7-9-16(15)22-3/h6-9,13H,4-5,10-12H2,1-3H3. The Hall–Kier alpha value is -1.88. The summed E-state index contributed by atoms with van der Waals surface area (Å²) in [6.45, 7) is 2.96. The number of benzene rings is 1. The van der Waals surface area contributed by atoms with E-state index in [9.17, 15) is 4.79 Å². The molecule has 0 spiro atoms. The summed E-state index contributed by atoms with van der Waals surface area (Å²) in [5.41, 5.74) is 1.96. The van der Waals surface area contributed by atoms with Crippen molar-refractivity contribution >= 4 is 17.2 Å². The van der Waals surface area contributed by atoms with Crippen LogP contribution in [0.2, 0.25) is 0 Å². The third-order valence-electron chi connectivity index (χ3n) is 3.76. The number of unbranched alkanes of at least 4 members (excludes halogenated alkanes) is 1. The Balaban J connectivity index is 1.96. The molecule has 4 nitrogen and oxygen atoms in total. The van der Waals surface area contributed by atoms with Gasteiger partial charge in [0.2, 0.25) is 5.91 Å². The fourth-order valence-electron chi connectivity index (χ4n) is 2.31. The van der Waals surface area contributed by atoms with E-state index >= 15 is 0 Å². The Kier molecular flexibility index (Phi) is 6.59. The number of aryl methyl sites for hydroxylation is 1. The lowest BCUT2D eigenvalue weighted by Crippen LogP contribution is -2.27. The zero-order valence-electron chi connectivity index (χ0n) is 14.0. The van der Waals surface area contributed by atoms with Crippen LogP contribution in [-0.2, 0) is 11.2 Å². The van der Waals surface area contributed by atoms with Crippen LogP contribution in [0.3, 0.4) is 0 Å². The molecule has 23 heavy (non-hydrogen) atoms. The van der Waals surface area contributed by atoms with E-state index in [-0.39, 0.29) is 5.91 Å². The number of aromatic nitrogens is 1. The number of amides is 1. The van der Waals surface area contributed by atoms with Crippen LogP contribution in [0.25, 0.3) is 10.6 Å². The smallest absolute Gasteiger partial charge is 0.222 e. The summed E-state index contributed by atoms with van der Waals surface area (Å²) in [5.74, 6) is 1.01. The molecule has 0 radical (unpaired) electrons. The first-order chi connectivity index (χ1) is 11.2. The molecule has 1 aromatic carbocycles. The lowest BCUT2D eigenvalue weighted by Gasteiger charge is -2.16. The first kappa shape index (κ1) is 17.5. The molecule has 0 aliphatic heterocycles. The minimum Gasteiger partial charge on any atom is -0.496 e. The van der Waals surface area contributed by atoms with Gasteiger partial charge in [-0.2, -0.15) is 0 Å². The highest BCUT2D eigenvalue weighted by atomic mass is 32.1. The average molecular weight is 332 g/mol. The number of para-hydroxylation sites is 1. The molecule has 0 aliphatic carbocycles. The molecule has 2 rings (SSSR count). The number of carbonyl (C=O) groups excluding carboxylic acids is 1. The molecule has 0 fully saturated rings. The van der Waals surface area contributed by atoms with Gasteiger partial charge in [0.1, 0.15) is 10.8 Å². The van der Waals surface area contributed by atoms with Crippen LogP contribution < -0.4 is 4.74 Å². The predicted molar refractivity (Wildman–Crippen MR) is 95.0 cm³/mol. The molecular formula is C18H24N2O2S. The third-order valence-corrected chi connectivity index (χ3v) is 4.68. The maximum atomic E-state index is 12.1. The van der Waals surface area contributed by atoms with Crippen molar-refractivity contribution in [2.24, 2.45) is 0 Å². The lowest BCUT2D eigenvalue weighted by molar-refractivity contribution is -0.129. The number of nitrogens with zero attached hydrogens (tertiary/aromatic N) is 2. The van der Waals surface area contributed by atoms with Crippen molar-refractivity contribution in [1.82, 2.24) is 9.88 Å². The molecule has 0 atom stereocenters. The first-order valence-electron chi connectivity index (χ1n) is 7.97. The molecule has 0 saturated carbocycles. The van der Waals surface area contributed by atoms with Gasteiger partial charge in [0.15, 0.2) is 0 Å². The number of ether oxygens (including phenoxy) is 1. The van der Waals surface area contributed by atoms with Gasteiger partial charge in [-0.25, -0.2) is 4.98 Å².